The normalized spacial score (nSPS) is 9.44. The fourth-order valence-corrected chi connectivity index (χ4v) is 0.724. The summed E-state index contributed by atoms with van der Waals surface area (Å²) in [6.07, 6.45) is 0. The summed E-state index contributed by atoms with van der Waals surface area (Å²) in [4.78, 5) is 0. The summed E-state index contributed by atoms with van der Waals surface area (Å²) in [5.41, 5.74) is 7.88. The first-order chi connectivity index (χ1) is 4.33. The second-order valence-corrected chi connectivity index (χ2v) is 2.19. The Bertz CT molecular complexity index is 181. The highest BCUT2D eigenvalue weighted by molar-refractivity contribution is 6.32. The summed E-state index contributed by atoms with van der Waals surface area (Å²) in [5.74, 6) is 0. The molecule has 2 heteroatoms. The Labute approximate surface area is 56.3 Å². The monoisotopic (exact) mass is 119 g/mol. The van der Waals surface area contributed by atoms with E-state index in [1.807, 2.05) is 0 Å². The van der Waals surface area contributed by atoms with E-state index >= 15 is 0 Å². The number of rotatable bonds is 1. The molecule has 0 fully saturated rings. The molecule has 0 aliphatic heterocycles. The second kappa shape index (κ2) is 2.69. The number of benzene rings is 1. The van der Waals surface area contributed by atoms with Crippen molar-refractivity contribution >= 4 is 13.3 Å². The number of hydrogen-bond donors (Lipinski definition) is 1. The molecule has 0 aliphatic carbocycles. The first-order valence-corrected chi connectivity index (χ1v) is 3.08. The second-order valence-electron chi connectivity index (χ2n) is 2.19. The molecule has 1 nitrogen and oxygen atoms in total. The lowest BCUT2D eigenvalue weighted by atomic mass is 9.95. The Hall–Kier alpha value is -0.755. The zero-order chi connectivity index (χ0) is 6.69. The maximum absolute atomic E-state index is 5.40. The Morgan fingerprint density at radius 1 is 1.22 bits per heavy atom. The van der Waals surface area contributed by atoms with Crippen molar-refractivity contribution < 1.29 is 0 Å². The van der Waals surface area contributed by atoms with Gasteiger partial charge in [-0.1, -0.05) is 29.7 Å². The summed E-state index contributed by atoms with van der Waals surface area (Å²) < 4.78 is 0. The summed E-state index contributed by atoms with van der Waals surface area (Å²) >= 11 is 0. The topological polar surface area (TPSA) is 26.0 Å². The Kier molecular flexibility index (Phi) is 1.90. The lowest BCUT2D eigenvalue weighted by Gasteiger charge is -1.94. The van der Waals surface area contributed by atoms with Crippen LogP contribution in [-0.2, 0) is 6.54 Å². The van der Waals surface area contributed by atoms with Gasteiger partial charge in [0, 0.05) is 6.54 Å². The predicted molar refractivity (Wildman–Crippen MR) is 42.5 cm³/mol. The predicted octanol–water partition coefficient (Wildman–Crippen LogP) is -0.596. The lowest BCUT2D eigenvalue weighted by molar-refractivity contribution is 1.07. The van der Waals surface area contributed by atoms with Crippen molar-refractivity contribution in [2.75, 3.05) is 0 Å². The summed E-state index contributed by atoms with van der Waals surface area (Å²) in [5, 5.41) is 0. The SMILES string of the molecule is Bc1ccc(CN)cc1. The van der Waals surface area contributed by atoms with E-state index in [0.717, 1.165) is 0 Å². The molecule has 1 aromatic carbocycles. The highest BCUT2D eigenvalue weighted by Crippen LogP contribution is 1.92. The van der Waals surface area contributed by atoms with E-state index in [-0.39, 0.29) is 0 Å². The van der Waals surface area contributed by atoms with Gasteiger partial charge in [-0.2, -0.15) is 0 Å². The van der Waals surface area contributed by atoms with Gasteiger partial charge in [-0.05, 0) is 5.56 Å². The molecule has 46 valence electrons. The fraction of sp³-hybridized carbons (Fsp3) is 0.143. The van der Waals surface area contributed by atoms with Crippen molar-refractivity contribution in [1.82, 2.24) is 0 Å². The van der Waals surface area contributed by atoms with Crippen molar-refractivity contribution in [3.8, 4) is 0 Å². The van der Waals surface area contributed by atoms with Crippen LogP contribution in [0.5, 0.6) is 0 Å². The van der Waals surface area contributed by atoms with Crippen molar-refractivity contribution in [3.63, 3.8) is 0 Å². The molecule has 0 saturated heterocycles. The largest absolute Gasteiger partial charge is 0.326 e. The highest BCUT2D eigenvalue weighted by Gasteiger charge is 1.85. The van der Waals surface area contributed by atoms with Crippen LogP contribution < -0.4 is 11.2 Å². The van der Waals surface area contributed by atoms with Crippen LogP contribution in [0.4, 0.5) is 0 Å². The van der Waals surface area contributed by atoms with Crippen LogP contribution in [0.1, 0.15) is 5.56 Å². The number of hydrogen-bond acceptors (Lipinski definition) is 1. The molecule has 1 aromatic rings. The lowest BCUT2D eigenvalue weighted by Crippen LogP contribution is -2.02. The van der Waals surface area contributed by atoms with E-state index in [2.05, 4.69) is 32.1 Å². The minimum absolute atomic E-state index is 0.639. The molecular weight excluding hydrogens is 109 g/mol. The molecule has 0 aliphatic rings. The zero-order valence-corrected chi connectivity index (χ0v) is 5.59. The van der Waals surface area contributed by atoms with Gasteiger partial charge >= 0.3 is 0 Å². The van der Waals surface area contributed by atoms with E-state index in [4.69, 9.17) is 5.73 Å². The van der Waals surface area contributed by atoms with Crippen LogP contribution in [0.3, 0.4) is 0 Å². The standard InChI is InChI=1S/C7H10BN/c8-7-3-1-6(5-9)2-4-7/h1-4H,5,8-9H2. The molecule has 0 aromatic heterocycles. The molecule has 0 spiro atoms. The summed E-state index contributed by atoms with van der Waals surface area (Å²) in [7, 11) is 2.07. The Balaban J connectivity index is 2.88. The van der Waals surface area contributed by atoms with Crippen molar-refractivity contribution in [2.45, 2.75) is 6.54 Å². The van der Waals surface area contributed by atoms with Gasteiger partial charge in [-0.15, -0.1) is 0 Å². The summed E-state index contributed by atoms with van der Waals surface area (Å²) in [6, 6.07) is 8.25. The van der Waals surface area contributed by atoms with Gasteiger partial charge in [0.1, 0.15) is 7.85 Å². The first kappa shape index (κ1) is 6.37. The van der Waals surface area contributed by atoms with Crippen LogP contribution in [0.2, 0.25) is 0 Å². The van der Waals surface area contributed by atoms with Gasteiger partial charge in [-0.25, -0.2) is 0 Å². The van der Waals surface area contributed by atoms with E-state index in [9.17, 15) is 0 Å². The van der Waals surface area contributed by atoms with E-state index in [0.29, 0.717) is 6.54 Å². The Morgan fingerprint density at radius 3 is 2.22 bits per heavy atom. The molecule has 0 unspecified atom stereocenters. The van der Waals surface area contributed by atoms with Gasteiger partial charge < -0.3 is 5.73 Å². The van der Waals surface area contributed by atoms with Gasteiger partial charge in [0.25, 0.3) is 0 Å². The van der Waals surface area contributed by atoms with Crippen LogP contribution in [0, 0.1) is 0 Å². The molecule has 0 amide bonds. The van der Waals surface area contributed by atoms with E-state index < -0.39 is 0 Å². The molecule has 0 saturated carbocycles. The maximum atomic E-state index is 5.40. The molecule has 0 atom stereocenters. The number of nitrogens with two attached hydrogens (primary N) is 1. The van der Waals surface area contributed by atoms with Crippen molar-refractivity contribution in [2.24, 2.45) is 5.73 Å². The molecule has 0 bridgehead atoms. The van der Waals surface area contributed by atoms with E-state index in [1.165, 1.54) is 11.0 Å². The minimum atomic E-state index is 0.639. The third-order valence-electron chi connectivity index (χ3n) is 1.36. The van der Waals surface area contributed by atoms with Crippen molar-refractivity contribution in [1.29, 1.82) is 0 Å². The third kappa shape index (κ3) is 1.58. The van der Waals surface area contributed by atoms with Crippen molar-refractivity contribution in [3.05, 3.63) is 29.8 Å². The van der Waals surface area contributed by atoms with Crippen LogP contribution in [0.15, 0.2) is 24.3 Å². The minimum Gasteiger partial charge on any atom is -0.326 e. The first-order valence-electron chi connectivity index (χ1n) is 3.08. The molecule has 2 N–H and O–H groups in total. The average molecular weight is 119 g/mol. The molecular formula is C7H10BN. The molecule has 9 heavy (non-hydrogen) atoms. The maximum Gasteiger partial charge on any atom is 0.139 e. The van der Waals surface area contributed by atoms with E-state index in [1.54, 1.807) is 0 Å². The fourth-order valence-electron chi connectivity index (χ4n) is 0.724. The quantitative estimate of drug-likeness (QED) is 0.491. The van der Waals surface area contributed by atoms with Gasteiger partial charge in [0.2, 0.25) is 0 Å². The smallest absolute Gasteiger partial charge is 0.139 e. The summed E-state index contributed by atoms with van der Waals surface area (Å²) in [6.45, 7) is 0.639. The third-order valence-corrected chi connectivity index (χ3v) is 1.36. The zero-order valence-electron chi connectivity index (χ0n) is 5.59. The highest BCUT2D eigenvalue weighted by atomic mass is 14.5. The molecule has 0 heterocycles. The van der Waals surface area contributed by atoms with Gasteiger partial charge in [-0.3, -0.25) is 0 Å². The van der Waals surface area contributed by atoms with Crippen LogP contribution in [-0.4, -0.2) is 7.85 Å². The molecule has 1 rings (SSSR count). The van der Waals surface area contributed by atoms with Gasteiger partial charge in [0.05, 0.1) is 0 Å². The average Bonchev–Trinajstić information content (AvgIpc) is 1.90. The van der Waals surface area contributed by atoms with Gasteiger partial charge in [0.15, 0.2) is 0 Å². The van der Waals surface area contributed by atoms with Crippen LogP contribution in [0.25, 0.3) is 0 Å². The Morgan fingerprint density at radius 2 is 1.78 bits per heavy atom. The van der Waals surface area contributed by atoms with Crippen LogP contribution >= 0.6 is 0 Å². The molecule has 0 radical (unpaired) electrons.